The molecule has 0 saturated heterocycles. The minimum atomic E-state index is -3.74. The van der Waals surface area contributed by atoms with Gasteiger partial charge < -0.3 is 10.8 Å². The fourth-order valence-electron chi connectivity index (χ4n) is 1.62. The lowest BCUT2D eigenvalue weighted by molar-refractivity contribution is 0.0698. The van der Waals surface area contributed by atoms with Crippen LogP contribution in [0.1, 0.15) is 23.2 Å². The van der Waals surface area contributed by atoms with E-state index in [1.807, 2.05) is 0 Å². The highest BCUT2D eigenvalue weighted by molar-refractivity contribution is 7.90. The summed E-state index contributed by atoms with van der Waals surface area (Å²) in [6.07, 6.45) is 1.61. The van der Waals surface area contributed by atoms with E-state index < -0.39 is 16.2 Å². The van der Waals surface area contributed by atoms with E-state index in [2.05, 4.69) is 4.72 Å². The molecule has 7 nitrogen and oxygen atoms in total. The molecule has 1 saturated carbocycles. The van der Waals surface area contributed by atoms with Crippen molar-refractivity contribution in [2.75, 3.05) is 17.1 Å². The van der Waals surface area contributed by atoms with Gasteiger partial charge in [0, 0.05) is 18.8 Å². The van der Waals surface area contributed by atoms with E-state index in [-0.39, 0.29) is 23.0 Å². The first-order valence-corrected chi connectivity index (χ1v) is 7.14. The molecule has 0 aromatic heterocycles. The van der Waals surface area contributed by atoms with Crippen LogP contribution in [0, 0.1) is 0 Å². The van der Waals surface area contributed by atoms with Crippen LogP contribution < -0.4 is 14.8 Å². The van der Waals surface area contributed by atoms with E-state index >= 15 is 0 Å². The molecule has 0 unspecified atom stereocenters. The van der Waals surface area contributed by atoms with E-state index in [0.29, 0.717) is 0 Å². The highest BCUT2D eigenvalue weighted by Gasteiger charge is 2.30. The average Bonchev–Trinajstić information content (AvgIpc) is 3.11. The highest BCUT2D eigenvalue weighted by Crippen LogP contribution is 2.26. The topological polar surface area (TPSA) is 113 Å². The molecule has 0 amide bonds. The van der Waals surface area contributed by atoms with Crippen LogP contribution in [0.3, 0.4) is 0 Å². The van der Waals surface area contributed by atoms with E-state index in [9.17, 15) is 13.2 Å². The quantitative estimate of drug-likeness (QED) is 0.678. The SMILES string of the molecule is CN(c1ccc(N)cc1C(=O)O)S(=O)(=O)NC1CC1. The number of hydrogen-bond donors (Lipinski definition) is 3. The third-order valence-corrected chi connectivity index (χ3v) is 4.39. The lowest BCUT2D eigenvalue weighted by atomic mass is 10.1. The maximum absolute atomic E-state index is 12.0. The number of benzene rings is 1. The molecule has 1 aromatic rings. The highest BCUT2D eigenvalue weighted by atomic mass is 32.2. The van der Waals surface area contributed by atoms with Crippen molar-refractivity contribution in [2.45, 2.75) is 18.9 Å². The van der Waals surface area contributed by atoms with E-state index in [0.717, 1.165) is 17.1 Å². The molecule has 4 N–H and O–H groups in total. The Morgan fingerprint density at radius 3 is 2.63 bits per heavy atom. The summed E-state index contributed by atoms with van der Waals surface area (Å²) >= 11 is 0. The zero-order valence-electron chi connectivity index (χ0n) is 10.3. The number of carboxylic acid groups (broad SMARTS) is 1. The lowest BCUT2D eigenvalue weighted by Gasteiger charge is -2.21. The van der Waals surface area contributed by atoms with Gasteiger partial charge in [0.25, 0.3) is 0 Å². The van der Waals surface area contributed by atoms with Gasteiger partial charge in [0.05, 0.1) is 11.3 Å². The number of hydrogen-bond acceptors (Lipinski definition) is 4. The molecule has 8 heteroatoms. The summed E-state index contributed by atoms with van der Waals surface area (Å²) in [6.45, 7) is 0. The predicted octanol–water partition coefficient (Wildman–Crippen LogP) is 0.400. The second-order valence-corrected chi connectivity index (χ2v) is 6.18. The number of anilines is 2. The molecule has 0 heterocycles. The van der Waals surface area contributed by atoms with Gasteiger partial charge in [-0.25, -0.2) is 4.79 Å². The first-order chi connectivity index (χ1) is 8.81. The Bertz CT molecular complexity index is 610. The number of nitrogens with two attached hydrogens (primary N) is 1. The molecule has 1 aliphatic rings. The van der Waals surface area contributed by atoms with Crippen LogP contribution in [0.2, 0.25) is 0 Å². The molecule has 0 radical (unpaired) electrons. The van der Waals surface area contributed by atoms with E-state index in [1.165, 1.54) is 25.2 Å². The minimum Gasteiger partial charge on any atom is -0.478 e. The molecule has 0 spiro atoms. The van der Waals surface area contributed by atoms with Crippen molar-refractivity contribution in [1.82, 2.24) is 4.72 Å². The molecular formula is C11H15N3O4S. The lowest BCUT2D eigenvalue weighted by Crippen LogP contribution is -2.40. The average molecular weight is 285 g/mol. The molecule has 0 bridgehead atoms. The minimum absolute atomic E-state index is 0.0468. The number of carboxylic acids is 1. The molecule has 1 aromatic carbocycles. The summed E-state index contributed by atoms with van der Waals surface area (Å²) in [6, 6.07) is 4.03. The molecule has 19 heavy (non-hydrogen) atoms. The zero-order valence-corrected chi connectivity index (χ0v) is 11.1. The molecule has 1 aliphatic carbocycles. The molecule has 0 aliphatic heterocycles. The van der Waals surface area contributed by atoms with Crippen molar-refractivity contribution < 1.29 is 18.3 Å². The Hall–Kier alpha value is -1.80. The van der Waals surface area contributed by atoms with Gasteiger partial charge in [0.15, 0.2) is 0 Å². The number of carbonyl (C=O) groups is 1. The molecule has 1 fully saturated rings. The maximum atomic E-state index is 12.0. The van der Waals surface area contributed by atoms with Gasteiger partial charge in [-0.15, -0.1) is 0 Å². The number of nitrogens with zero attached hydrogens (tertiary/aromatic N) is 1. The van der Waals surface area contributed by atoms with Crippen molar-refractivity contribution in [2.24, 2.45) is 0 Å². The molecular weight excluding hydrogens is 270 g/mol. The smallest absolute Gasteiger partial charge is 0.337 e. The van der Waals surface area contributed by atoms with Gasteiger partial charge in [0.1, 0.15) is 0 Å². The summed E-state index contributed by atoms with van der Waals surface area (Å²) in [5.74, 6) is -1.23. The summed E-state index contributed by atoms with van der Waals surface area (Å²) < 4.78 is 27.5. The maximum Gasteiger partial charge on any atom is 0.337 e. The Morgan fingerprint density at radius 1 is 1.47 bits per heavy atom. The van der Waals surface area contributed by atoms with Crippen molar-refractivity contribution in [3.63, 3.8) is 0 Å². The largest absolute Gasteiger partial charge is 0.478 e. The number of nitrogens with one attached hydrogen (secondary N) is 1. The van der Waals surface area contributed by atoms with Gasteiger partial charge in [-0.3, -0.25) is 4.31 Å². The standard InChI is InChI=1S/C11H15N3O4S/c1-14(19(17,18)13-8-3-4-8)10-5-2-7(12)6-9(10)11(15)16/h2,5-6,8,13H,3-4,12H2,1H3,(H,15,16). The monoisotopic (exact) mass is 285 g/mol. The van der Waals surface area contributed by atoms with Crippen LogP contribution in [-0.4, -0.2) is 32.6 Å². The van der Waals surface area contributed by atoms with Crippen LogP contribution in [0.5, 0.6) is 0 Å². The Kier molecular flexibility index (Phi) is 3.38. The molecule has 104 valence electrons. The molecule has 0 atom stereocenters. The number of rotatable bonds is 5. The second kappa shape index (κ2) is 4.71. The van der Waals surface area contributed by atoms with Crippen LogP contribution in [-0.2, 0) is 10.2 Å². The third kappa shape index (κ3) is 2.96. The van der Waals surface area contributed by atoms with Crippen LogP contribution in [0.4, 0.5) is 11.4 Å². The number of nitrogen functional groups attached to an aromatic ring is 1. The van der Waals surface area contributed by atoms with Crippen LogP contribution in [0.25, 0.3) is 0 Å². The van der Waals surface area contributed by atoms with E-state index in [4.69, 9.17) is 10.8 Å². The van der Waals surface area contributed by atoms with Crippen LogP contribution in [0.15, 0.2) is 18.2 Å². The van der Waals surface area contributed by atoms with Gasteiger partial charge in [-0.2, -0.15) is 13.1 Å². The fourth-order valence-corrected chi connectivity index (χ4v) is 2.85. The van der Waals surface area contributed by atoms with E-state index in [1.54, 1.807) is 0 Å². The van der Waals surface area contributed by atoms with Gasteiger partial charge in [-0.1, -0.05) is 0 Å². The third-order valence-electron chi connectivity index (χ3n) is 2.84. The van der Waals surface area contributed by atoms with Gasteiger partial charge >= 0.3 is 16.2 Å². The first kappa shape index (κ1) is 13.6. The summed E-state index contributed by atoms with van der Waals surface area (Å²) in [4.78, 5) is 11.1. The van der Waals surface area contributed by atoms with Crippen molar-refractivity contribution in [3.8, 4) is 0 Å². The summed E-state index contributed by atoms with van der Waals surface area (Å²) in [5, 5.41) is 9.10. The van der Waals surface area contributed by atoms with Crippen molar-refractivity contribution >= 4 is 27.6 Å². The first-order valence-electron chi connectivity index (χ1n) is 5.70. The van der Waals surface area contributed by atoms with Crippen molar-refractivity contribution in [1.29, 1.82) is 0 Å². The Labute approximate surface area is 111 Å². The second-order valence-electron chi connectivity index (χ2n) is 4.45. The Morgan fingerprint density at radius 2 is 2.11 bits per heavy atom. The molecule has 2 rings (SSSR count). The van der Waals surface area contributed by atoms with Crippen LogP contribution >= 0.6 is 0 Å². The van der Waals surface area contributed by atoms with Crippen molar-refractivity contribution in [3.05, 3.63) is 23.8 Å². The van der Waals surface area contributed by atoms with Gasteiger partial charge in [0.2, 0.25) is 0 Å². The summed E-state index contributed by atoms with van der Waals surface area (Å²) in [7, 11) is -2.43. The summed E-state index contributed by atoms with van der Waals surface area (Å²) in [5.41, 5.74) is 5.71. The fraction of sp³-hybridized carbons (Fsp3) is 0.364. The van der Waals surface area contributed by atoms with Gasteiger partial charge in [-0.05, 0) is 31.0 Å². The normalized spacial score (nSPS) is 15.2. The predicted molar refractivity (Wildman–Crippen MR) is 71.3 cm³/mol. The zero-order chi connectivity index (χ0) is 14.2. The number of aromatic carboxylic acids is 1. The Balaban J connectivity index is 2.37.